The Bertz CT molecular complexity index is 1250. The van der Waals surface area contributed by atoms with Crippen LogP contribution >= 0.6 is 24.0 Å². The predicted molar refractivity (Wildman–Crippen MR) is 150 cm³/mol. The number of nitrogens with one attached hydrogen (secondary N) is 1. The van der Waals surface area contributed by atoms with E-state index in [9.17, 15) is 0 Å². The molecule has 1 aliphatic rings. The molecule has 5 rings (SSSR count). The van der Waals surface area contributed by atoms with Crippen LogP contribution in [0.1, 0.15) is 50.2 Å². The lowest BCUT2D eigenvalue weighted by Gasteiger charge is -2.29. The van der Waals surface area contributed by atoms with Gasteiger partial charge < -0.3 is 19.0 Å². The van der Waals surface area contributed by atoms with Gasteiger partial charge in [0.2, 0.25) is 5.89 Å². The number of rotatable bonds is 8. The van der Waals surface area contributed by atoms with Gasteiger partial charge in [0.1, 0.15) is 10.3 Å². The third-order valence-electron chi connectivity index (χ3n) is 6.05. The Hall–Kier alpha value is -2.57. The van der Waals surface area contributed by atoms with Crippen LogP contribution in [0, 0.1) is 0 Å². The van der Waals surface area contributed by atoms with Gasteiger partial charge in [-0.3, -0.25) is 0 Å². The maximum atomic E-state index is 5.51. The van der Waals surface area contributed by atoms with Gasteiger partial charge in [-0.25, -0.2) is 15.4 Å². The largest absolute Gasteiger partial charge is 0.383 e. The first kappa shape index (κ1) is 27.5. The molecule has 1 saturated heterocycles. The molecule has 1 fully saturated rings. The molecule has 1 aromatic carbocycles. The van der Waals surface area contributed by atoms with Crippen LogP contribution in [0.5, 0.6) is 0 Å². The molecule has 0 amide bonds. The van der Waals surface area contributed by atoms with Crippen LogP contribution in [-0.2, 0) is 9.57 Å². The standard InChI is InChI=1S/C22H23N5OS2.C4H11NO2/c1-13(2)19-25-20(28-26-19)15-9-11-27(12-10-15)22-24-18-8-7-17(23-21(18)30-22)14-3-5-16(29)6-4-14;1-6-4-3-5-7-2/h3-8,13,15,29H,9-12H2,1-2H3;5H,3-4H2,1-2H3. The van der Waals surface area contributed by atoms with E-state index in [1.54, 1.807) is 25.6 Å². The van der Waals surface area contributed by atoms with E-state index >= 15 is 0 Å². The number of hydroxylamine groups is 1. The zero-order chi connectivity index (χ0) is 26.2. The minimum Gasteiger partial charge on any atom is -0.383 e. The number of methoxy groups -OCH3 is 1. The number of hydrogen-bond acceptors (Lipinski definition) is 11. The topological polar surface area (TPSA) is 98.4 Å². The zero-order valence-electron chi connectivity index (χ0n) is 21.7. The molecule has 198 valence electrons. The maximum Gasteiger partial charge on any atom is 0.229 e. The van der Waals surface area contributed by atoms with Gasteiger partial charge in [0.25, 0.3) is 0 Å². The fourth-order valence-corrected chi connectivity index (χ4v) is 5.08. The molecule has 0 bridgehead atoms. The number of fused-ring (bicyclic) bond motifs is 1. The summed E-state index contributed by atoms with van der Waals surface area (Å²) >= 11 is 6.02. The van der Waals surface area contributed by atoms with Gasteiger partial charge in [0.15, 0.2) is 11.0 Å². The van der Waals surface area contributed by atoms with Crippen LogP contribution in [0.2, 0.25) is 0 Å². The summed E-state index contributed by atoms with van der Waals surface area (Å²) in [5.74, 6) is 2.19. The third-order valence-corrected chi connectivity index (χ3v) is 7.37. The van der Waals surface area contributed by atoms with Crippen LogP contribution in [-0.4, -0.2) is 60.6 Å². The van der Waals surface area contributed by atoms with E-state index in [1.165, 1.54) is 0 Å². The van der Waals surface area contributed by atoms with Crippen LogP contribution in [0.25, 0.3) is 21.6 Å². The van der Waals surface area contributed by atoms with Crippen molar-refractivity contribution in [3.05, 3.63) is 48.1 Å². The van der Waals surface area contributed by atoms with Crippen LogP contribution < -0.4 is 10.4 Å². The van der Waals surface area contributed by atoms with E-state index in [1.807, 2.05) is 30.3 Å². The van der Waals surface area contributed by atoms with E-state index < -0.39 is 0 Å². The summed E-state index contributed by atoms with van der Waals surface area (Å²) in [5, 5.41) is 5.15. The molecular formula is C26H34N6O3S2. The molecule has 3 aromatic heterocycles. The van der Waals surface area contributed by atoms with Gasteiger partial charge in [-0.05, 0) is 37.1 Å². The smallest absolute Gasteiger partial charge is 0.229 e. The minimum atomic E-state index is 0.290. The van der Waals surface area contributed by atoms with Crippen molar-refractivity contribution in [1.29, 1.82) is 0 Å². The van der Waals surface area contributed by atoms with Crippen molar-refractivity contribution >= 4 is 39.4 Å². The minimum absolute atomic E-state index is 0.290. The molecule has 1 N–H and O–H groups in total. The molecule has 0 unspecified atom stereocenters. The number of anilines is 1. The van der Waals surface area contributed by atoms with Crippen LogP contribution in [0.3, 0.4) is 0 Å². The Balaban J connectivity index is 0.000000405. The van der Waals surface area contributed by atoms with Crippen molar-refractivity contribution in [3.8, 4) is 11.3 Å². The predicted octanol–water partition coefficient (Wildman–Crippen LogP) is 5.32. The molecule has 4 heterocycles. The highest BCUT2D eigenvalue weighted by molar-refractivity contribution is 7.80. The van der Waals surface area contributed by atoms with E-state index in [-0.39, 0.29) is 0 Å². The quantitative estimate of drug-likeness (QED) is 0.174. The van der Waals surface area contributed by atoms with E-state index in [4.69, 9.17) is 19.2 Å². The Labute approximate surface area is 227 Å². The van der Waals surface area contributed by atoms with E-state index in [0.717, 1.165) is 75.8 Å². The Kier molecular flexibility index (Phi) is 9.87. The molecule has 4 aromatic rings. The average Bonchev–Trinajstić information content (AvgIpc) is 3.58. The summed E-state index contributed by atoms with van der Waals surface area (Å²) in [4.78, 5) is 23.0. The summed E-state index contributed by atoms with van der Waals surface area (Å²) < 4.78 is 10.2. The van der Waals surface area contributed by atoms with Crippen molar-refractivity contribution in [3.63, 3.8) is 0 Å². The average molecular weight is 543 g/mol. The fourth-order valence-electron chi connectivity index (χ4n) is 3.94. The normalized spacial score (nSPS) is 14.3. The van der Waals surface area contributed by atoms with Gasteiger partial charge in [-0.1, -0.05) is 42.5 Å². The van der Waals surface area contributed by atoms with E-state index in [0.29, 0.717) is 18.4 Å². The van der Waals surface area contributed by atoms with Gasteiger partial charge in [-0.15, -0.1) is 12.6 Å². The Morgan fingerprint density at radius 2 is 1.84 bits per heavy atom. The number of thiol groups is 1. The number of nitrogens with zero attached hydrogens (tertiary/aromatic N) is 5. The van der Waals surface area contributed by atoms with Crippen molar-refractivity contribution in [2.45, 2.75) is 43.4 Å². The Morgan fingerprint density at radius 1 is 1.08 bits per heavy atom. The molecule has 0 atom stereocenters. The lowest BCUT2D eigenvalue weighted by molar-refractivity contribution is 0.0684. The van der Waals surface area contributed by atoms with Gasteiger partial charge in [-0.2, -0.15) is 4.98 Å². The second-order valence-electron chi connectivity index (χ2n) is 9.06. The summed E-state index contributed by atoms with van der Waals surface area (Å²) in [6.45, 7) is 7.46. The molecule has 37 heavy (non-hydrogen) atoms. The van der Waals surface area contributed by atoms with Crippen LogP contribution in [0.4, 0.5) is 5.13 Å². The summed E-state index contributed by atoms with van der Waals surface area (Å²) in [5.41, 5.74) is 5.62. The number of thiazole rings is 1. The number of piperidine rings is 1. The van der Waals surface area contributed by atoms with Gasteiger partial charge in [0.05, 0.1) is 19.4 Å². The molecule has 0 radical (unpaired) electrons. The lowest BCUT2D eigenvalue weighted by Crippen LogP contribution is -2.32. The highest BCUT2D eigenvalue weighted by Gasteiger charge is 2.27. The van der Waals surface area contributed by atoms with Crippen LogP contribution in [0.15, 0.2) is 45.8 Å². The molecule has 1 aliphatic heterocycles. The van der Waals surface area contributed by atoms with E-state index in [2.05, 4.69) is 57.9 Å². The fraction of sp³-hybridized carbons (Fsp3) is 0.462. The van der Waals surface area contributed by atoms with Crippen molar-refractivity contribution in [2.75, 3.05) is 45.4 Å². The molecule has 9 nitrogen and oxygen atoms in total. The second-order valence-corrected chi connectivity index (χ2v) is 10.5. The maximum absolute atomic E-state index is 5.51. The highest BCUT2D eigenvalue weighted by Crippen LogP contribution is 2.34. The van der Waals surface area contributed by atoms with Crippen molar-refractivity contribution < 1.29 is 14.1 Å². The molecule has 11 heteroatoms. The monoisotopic (exact) mass is 542 g/mol. The zero-order valence-corrected chi connectivity index (χ0v) is 23.4. The highest BCUT2D eigenvalue weighted by atomic mass is 32.1. The van der Waals surface area contributed by atoms with Crippen molar-refractivity contribution in [1.82, 2.24) is 25.6 Å². The van der Waals surface area contributed by atoms with Gasteiger partial charge >= 0.3 is 0 Å². The lowest BCUT2D eigenvalue weighted by atomic mass is 9.97. The third kappa shape index (κ3) is 7.26. The number of ether oxygens (including phenoxy) is 1. The van der Waals surface area contributed by atoms with Gasteiger partial charge in [0, 0.05) is 49.0 Å². The van der Waals surface area contributed by atoms with Crippen molar-refractivity contribution in [2.24, 2.45) is 0 Å². The molecule has 0 saturated carbocycles. The number of pyridine rings is 1. The first-order valence-electron chi connectivity index (χ1n) is 12.4. The summed E-state index contributed by atoms with van der Waals surface area (Å²) in [7, 11) is 3.23. The number of hydrogen-bond donors (Lipinski definition) is 2. The SMILES string of the molecule is CC(C)c1noc(C2CCN(c3nc4ccc(-c5ccc(S)cc5)nc4s3)CC2)n1.COCCNOC. The summed E-state index contributed by atoms with van der Waals surface area (Å²) in [6.07, 6.45) is 1.98. The first-order chi connectivity index (χ1) is 18.0. The number of aromatic nitrogens is 4. The number of benzene rings is 1. The molecule has 0 spiro atoms. The Morgan fingerprint density at radius 3 is 2.49 bits per heavy atom. The first-order valence-corrected chi connectivity index (χ1v) is 13.6. The summed E-state index contributed by atoms with van der Waals surface area (Å²) in [6, 6.07) is 12.2. The molecule has 0 aliphatic carbocycles. The molecular weight excluding hydrogens is 508 g/mol. The second kappa shape index (κ2) is 13.3.